The zero-order chi connectivity index (χ0) is 25.3. The van der Waals surface area contributed by atoms with E-state index in [2.05, 4.69) is 0 Å². The van der Waals surface area contributed by atoms with Crippen molar-refractivity contribution < 1.29 is 27.4 Å². The largest absolute Gasteiger partial charge is 0.487 e. The van der Waals surface area contributed by atoms with Crippen molar-refractivity contribution in [1.82, 2.24) is 9.21 Å². The smallest absolute Gasteiger partial charge is 0.247 e. The van der Waals surface area contributed by atoms with E-state index in [1.54, 1.807) is 43.1 Å². The number of fused-ring (bicyclic) bond motifs is 1. The van der Waals surface area contributed by atoms with E-state index in [0.29, 0.717) is 12.1 Å². The molecule has 190 valence electrons. The monoisotopic (exact) mass is 504 g/mol. The zero-order valence-corrected chi connectivity index (χ0v) is 21.2. The molecule has 2 aromatic rings. The summed E-state index contributed by atoms with van der Waals surface area (Å²) in [5.74, 6) is -0.295. The first-order chi connectivity index (χ1) is 16.6. The second kappa shape index (κ2) is 10.2. The fourth-order valence-electron chi connectivity index (χ4n) is 4.59. The molecule has 0 saturated heterocycles. The van der Waals surface area contributed by atoms with Crippen LogP contribution in [-0.2, 0) is 14.8 Å². The van der Waals surface area contributed by atoms with E-state index in [9.17, 15) is 22.7 Å². The number of benzene rings is 2. The molecule has 1 N–H and O–H groups in total. The van der Waals surface area contributed by atoms with Crippen molar-refractivity contribution in [2.24, 2.45) is 11.8 Å². The fourth-order valence-corrected chi connectivity index (χ4v) is 6.42. The Morgan fingerprint density at radius 2 is 1.86 bits per heavy atom. The molecule has 0 spiro atoms. The highest BCUT2D eigenvalue weighted by Gasteiger charge is 2.39. The summed E-state index contributed by atoms with van der Waals surface area (Å²) < 4.78 is 48.3. The number of rotatable bonds is 6. The van der Waals surface area contributed by atoms with Crippen LogP contribution in [0.1, 0.15) is 33.1 Å². The molecule has 3 atom stereocenters. The number of halogens is 1. The lowest BCUT2D eigenvalue weighted by atomic mass is 9.84. The Balaban J connectivity index is 1.74. The van der Waals surface area contributed by atoms with Crippen LogP contribution in [0.4, 0.5) is 4.39 Å². The van der Waals surface area contributed by atoms with E-state index >= 15 is 0 Å². The minimum absolute atomic E-state index is 0.00790. The maximum absolute atomic E-state index is 13.6. The van der Waals surface area contributed by atoms with Gasteiger partial charge < -0.3 is 14.7 Å². The first-order valence-corrected chi connectivity index (χ1v) is 13.5. The van der Waals surface area contributed by atoms with Gasteiger partial charge in [0.15, 0.2) is 0 Å². The van der Waals surface area contributed by atoms with E-state index in [1.165, 1.54) is 22.5 Å². The average Bonchev–Trinajstić information content (AvgIpc) is 2.79. The van der Waals surface area contributed by atoms with Crippen molar-refractivity contribution in [2.75, 3.05) is 26.7 Å². The summed E-state index contributed by atoms with van der Waals surface area (Å²) in [4.78, 5) is 14.5. The van der Waals surface area contributed by atoms with E-state index in [4.69, 9.17) is 4.74 Å². The third-order valence-electron chi connectivity index (χ3n) is 7.13. The summed E-state index contributed by atoms with van der Waals surface area (Å²) in [6.45, 7) is 3.71. The summed E-state index contributed by atoms with van der Waals surface area (Å²) in [7, 11) is -2.20. The number of ether oxygens (including phenoxy) is 1. The van der Waals surface area contributed by atoms with Gasteiger partial charge in [-0.3, -0.25) is 4.79 Å². The number of nitrogens with zero attached hydrogens (tertiary/aromatic N) is 2. The van der Waals surface area contributed by atoms with Crippen LogP contribution in [0.2, 0.25) is 0 Å². The average molecular weight is 505 g/mol. The van der Waals surface area contributed by atoms with Gasteiger partial charge in [0, 0.05) is 31.5 Å². The molecule has 2 aliphatic rings. The summed E-state index contributed by atoms with van der Waals surface area (Å²) in [6.07, 6.45) is 2.39. The standard InChI is InChI=1S/C26H33FN2O5S/c1-17-14-29(18(2)16-30)35(32,33)25-12-9-21(19-7-10-22(27)11-8-19)13-23(25)34-24(17)15-28(3)26(31)20-5-4-6-20/h7-13,17-18,20,24,30H,4-6,14-16H2,1-3H3/t17-,18+,24-/m0/s1. The highest BCUT2D eigenvalue weighted by molar-refractivity contribution is 7.89. The van der Waals surface area contributed by atoms with Crippen LogP contribution in [0.3, 0.4) is 0 Å². The second-order valence-electron chi connectivity index (χ2n) is 9.75. The van der Waals surface area contributed by atoms with Crippen molar-refractivity contribution in [2.45, 2.75) is 50.2 Å². The number of hydrogen-bond acceptors (Lipinski definition) is 5. The van der Waals surface area contributed by atoms with Crippen LogP contribution in [0.25, 0.3) is 11.1 Å². The molecule has 0 bridgehead atoms. The first kappa shape index (κ1) is 25.6. The highest BCUT2D eigenvalue weighted by atomic mass is 32.2. The molecule has 0 aromatic heterocycles. The summed E-state index contributed by atoms with van der Waals surface area (Å²) in [6, 6.07) is 10.1. The Kier molecular flexibility index (Phi) is 7.49. The molecule has 1 saturated carbocycles. The van der Waals surface area contributed by atoms with E-state index in [1.807, 2.05) is 6.92 Å². The third kappa shape index (κ3) is 5.22. The molecule has 2 aromatic carbocycles. The van der Waals surface area contributed by atoms with Gasteiger partial charge >= 0.3 is 0 Å². The van der Waals surface area contributed by atoms with Gasteiger partial charge in [0.05, 0.1) is 13.2 Å². The van der Waals surface area contributed by atoms with Gasteiger partial charge in [-0.1, -0.05) is 31.5 Å². The van der Waals surface area contributed by atoms with Gasteiger partial charge in [-0.2, -0.15) is 4.31 Å². The number of sulfonamides is 1. The lowest BCUT2D eigenvalue weighted by Crippen LogP contribution is -2.50. The number of amides is 1. The van der Waals surface area contributed by atoms with Crippen LogP contribution in [0.15, 0.2) is 47.4 Å². The van der Waals surface area contributed by atoms with Crippen LogP contribution in [0.5, 0.6) is 5.75 Å². The summed E-state index contributed by atoms with van der Waals surface area (Å²) in [5.41, 5.74) is 1.41. The number of likely N-dealkylation sites (N-methyl/N-ethyl adjacent to an activating group) is 1. The van der Waals surface area contributed by atoms with Crippen molar-refractivity contribution >= 4 is 15.9 Å². The number of aliphatic hydroxyl groups is 1. The highest BCUT2D eigenvalue weighted by Crippen LogP contribution is 2.37. The molecule has 4 rings (SSSR count). The Morgan fingerprint density at radius 1 is 1.20 bits per heavy atom. The first-order valence-electron chi connectivity index (χ1n) is 12.1. The van der Waals surface area contributed by atoms with Crippen LogP contribution < -0.4 is 4.74 Å². The third-order valence-corrected chi connectivity index (χ3v) is 9.15. The Hall–Kier alpha value is -2.49. The second-order valence-corrected chi connectivity index (χ2v) is 11.6. The molecule has 1 amide bonds. The zero-order valence-electron chi connectivity index (χ0n) is 20.4. The lowest BCUT2D eigenvalue weighted by molar-refractivity contribution is -0.138. The number of carbonyl (C=O) groups is 1. The van der Waals surface area contributed by atoms with Gasteiger partial charge in [0.1, 0.15) is 22.6 Å². The fraction of sp³-hybridized carbons (Fsp3) is 0.500. The molecular weight excluding hydrogens is 471 g/mol. The van der Waals surface area contributed by atoms with Gasteiger partial charge in [0.2, 0.25) is 15.9 Å². The number of aliphatic hydroxyl groups excluding tert-OH is 1. The SMILES string of the molecule is C[C@H](CO)N1C[C@H](C)[C@H](CN(C)C(=O)C2CCC2)Oc2cc(-c3ccc(F)cc3)ccc2S1(=O)=O. The topological polar surface area (TPSA) is 87.2 Å². The van der Waals surface area contributed by atoms with Gasteiger partial charge in [-0.05, 0) is 55.2 Å². The van der Waals surface area contributed by atoms with Crippen LogP contribution in [-0.4, -0.2) is 67.5 Å². The Morgan fingerprint density at radius 3 is 2.46 bits per heavy atom. The maximum Gasteiger partial charge on any atom is 0.247 e. The minimum Gasteiger partial charge on any atom is -0.487 e. The molecule has 9 heteroatoms. The van der Waals surface area contributed by atoms with E-state index < -0.39 is 22.2 Å². The predicted molar refractivity (Wildman–Crippen MR) is 131 cm³/mol. The Labute approximate surface area is 206 Å². The van der Waals surface area contributed by atoms with Gasteiger partial charge in [-0.25, -0.2) is 12.8 Å². The van der Waals surface area contributed by atoms with E-state index in [-0.39, 0.29) is 47.4 Å². The number of carbonyl (C=O) groups excluding carboxylic acids is 1. The van der Waals surface area contributed by atoms with Crippen LogP contribution >= 0.6 is 0 Å². The van der Waals surface area contributed by atoms with E-state index in [0.717, 1.165) is 24.8 Å². The summed E-state index contributed by atoms with van der Waals surface area (Å²) in [5, 5.41) is 9.79. The normalized spacial score (nSPS) is 23.2. The molecule has 1 aliphatic heterocycles. The van der Waals surface area contributed by atoms with Gasteiger partial charge in [-0.15, -0.1) is 0 Å². The Bertz CT molecular complexity index is 1170. The van der Waals surface area contributed by atoms with Crippen molar-refractivity contribution in [1.29, 1.82) is 0 Å². The van der Waals surface area contributed by atoms with Crippen LogP contribution in [0, 0.1) is 17.7 Å². The van der Waals surface area contributed by atoms with Crippen molar-refractivity contribution in [3.63, 3.8) is 0 Å². The molecular formula is C26H33FN2O5S. The quantitative estimate of drug-likeness (QED) is 0.651. The lowest BCUT2D eigenvalue weighted by Gasteiger charge is -2.38. The van der Waals surface area contributed by atoms with Crippen molar-refractivity contribution in [3.05, 3.63) is 48.3 Å². The molecule has 1 aliphatic carbocycles. The molecule has 0 unspecified atom stereocenters. The van der Waals surface area contributed by atoms with Gasteiger partial charge in [0.25, 0.3) is 0 Å². The molecule has 0 radical (unpaired) electrons. The minimum atomic E-state index is -3.96. The predicted octanol–water partition coefficient (Wildman–Crippen LogP) is 3.52. The molecule has 7 nitrogen and oxygen atoms in total. The molecule has 35 heavy (non-hydrogen) atoms. The number of hydrogen-bond donors (Lipinski definition) is 1. The molecule has 1 fully saturated rings. The van der Waals surface area contributed by atoms with Crippen molar-refractivity contribution in [3.8, 4) is 16.9 Å². The maximum atomic E-state index is 13.6. The summed E-state index contributed by atoms with van der Waals surface area (Å²) >= 11 is 0. The molecule has 1 heterocycles.